The van der Waals surface area contributed by atoms with Crippen LogP contribution in [0.2, 0.25) is 0 Å². The lowest BCUT2D eigenvalue weighted by Gasteiger charge is -2.01. The molecule has 2 aromatic carbocycles. The molecule has 0 fully saturated rings. The number of aromatic nitrogens is 3. The number of benzene rings is 2. The summed E-state index contributed by atoms with van der Waals surface area (Å²) in [5.41, 5.74) is 8.27. The van der Waals surface area contributed by atoms with Crippen LogP contribution in [0.15, 0.2) is 70.0 Å². The van der Waals surface area contributed by atoms with Crippen LogP contribution in [0.5, 0.6) is 0 Å². The molecule has 0 atom stereocenters. The molecule has 2 heterocycles. The number of nitrogens with zero attached hydrogens (tertiary/aromatic N) is 3. The Bertz CT molecular complexity index is 1070. The molecule has 4 aromatic rings. The van der Waals surface area contributed by atoms with E-state index in [1.807, 2.05) is 30.3 Å². The molecule has 0 amide bonds. The Labute approximate surface area is 130 Å². The van der Waals surface area contributed by atoms with Crippen LogP contribution >= 0.6 is 0 Å². The van der Waals surface area contributed by atoms with Crippen molar-refractivity contribution in [1.82, 2.24) is 15.0 Å². The maximum Gasteiger partial charge on any atom is 0.362 e. The first-order valence-electron chi connectivity index (χ1n) is 7.02. The number of fused-ring (bicyclic) bond motifs is 1. The van der Waals surface area contributed by atoms with Gasteiger partial charge < -0.3 is 10.2 Å². The fourth-order valence-corrected chi connectivity index (χ4v) is 2.42. The molecule has 0 bridgehead atoms. The normalized spacial score (nSPS) is 11.0. The molecular formula is C17H12N4O2. The Kier molecular flexibility index (Phi) is 2.94. The monoisotopic (exact) mass is 304 g/mol. The minimum Gasteiger partial charge on any atom is -0.421 e. The van der Waals surface area contributed by atoms with Gasteiger partial charge >= 0.3 is 5.63 Å². The predicted octanol–water partition coefficient (Wildman–Crippen LogP) is 2.62. The summed E-state index contributed by atoms with van der Waals surface area (Å²) in [4.78, 5) is 12.2. The van der Waals surface area contributed by atoms with E-state index < -0.39 is 5.63 Å². The summed E-state index contributed by atoms with van der Waals surface area (Å²) < 4.78 is 6.73. The average molecular weight is 304 g/mol. The second-order valence-electron chi connectivity index (χ2n) is 5.13. The van der Waals surface area contributed by atoms with Crippen molar-refractivity contribution in [3.8, 4) is 16.9 Å². The van der Waals surface area contributed by atoms with Gasteiger partial charge in [0, 0.05) is 16.6 Å². The third-order valence-corrected chi connectivity index (χ3v) is 3.55. The van der Waals surface area contributed by atoms with Crippen LogP contribution in [-0.4, -0.2) is 15.0 Å². The van der Waals surface area contributed by atoms with Gasteiger partial charge in [0.2, 0.25) is 0 Å². The number of anilines is 1. The van der Waals surface area contributed by atoms with Crippen molar-refractivity contribution >= 4 is 16.7 Å². The van der Waals surface area contributed by atoms with Gasteiger partial charge in [-0.3, -0.25) is 0 Å². The topological polar surface area (TPSA) is 86.9 Å². The highest BCUT2D eigenvalue weighted by Crippen LogP contribution is 2.20. The number of hydrogen-bond acceptors (Lipinski definition) is 5. The van der Waals surface area contributed by atoms with Crippen LogP contribution in [0.1, 0.15) is 0 Å². The second kappa shape index (κ2) is 5.10. The summed E-state index contributed by atoms with van der Waals surface area (Å²) in [6, 6.07) is 16.4. The molecule has 6 heteroatoms. The first-order chi connectivity index (χ1) is 11.2. The van der Waals surface area contributed by atoms with Crippen molar-refractivity contribution in [3.63, 3.8) is 0 Å². The van der Waals surface area contributed by atoms with Crippen molar-refractivity contribution in [3.05, 3.63) is 71.2 Å². The van der Waals surface area contributed by atoms with Gasteiger partial charge in [-0.2, -0.15) is 0 Å². The van der Waals surface area contributed by atoms with E-state index in [1.165, 1.54) is 4.68 Å². The van der Waals surface area contributed by atoms with Gasteiger partial charge in [-0.05, 0) is 24.3 Å². The lowest BCUT2D eigenvalue weighted by Crippen LogP contribution is -2.10. The van der Waals surface area contributed by atoms with Crippen molar-refractivity contribution in [2.45, 2.75) is 0 Å². The second-order valence-corrected chi connectivity index (χ2v) is 5.13. The highest BCUT2D eigenvalue weighted by Gasteiger charge is 2.11. The van der Waals surface area contributed by atoms with Gasteiger partial charge in [-0.15, -0.1) is 5.10 Å². The van der Waals surface area contributed by atoms with E-state index in [2.05, 4.69) is 10.3 Å². The Morgan fingerprint density at radius 1 is 1.04 bits per heavy atom. The Balaban J connectivity index is 1.83. The van der Waals surface area contributed by atoms with Crippen molar-refractivity contribution < 1.29 is 4.42 Å². The zero-order valence-corrected chi connectivity index (χ0v) is 12.0. The quantitative estimate of drug-likeness (QED) is 0.454. The molecular weight excluding hydrogens is 292 g/mol. The van der Waals surface area contributed by atoms with Gasteiger partial charge in [-0.1, -0.05) is 35.5 Å². The minimum atomic E-state index is -0.465. The van der Waals surface area contributed by atoms with Crippen molar-refractivity contribution in [2.75, 3.05) is 5.73 Å². The smallest absolute Gasteiger partial charge is 0.362 e. The van der Waals surface area contributed by atoms with E-state index in [-0.39, 0.29) is 0 Å². The van der Waals surface area contributed by atoms with E-state index >= 15 is 0 Å². The molecule has 112 valence electrons. The summed E-state index contributed by atoms with van der Waals surface area (Å²) in [6.45, 7) is 0. The van der Waals surface area contributed by atoms with Crippen LogP contribution in [0.25, 0.3) is 27.9 Å². The van der Waals surface area contributed by atoms with E-state index in [1.54, 1.807) is 30.5 Å². The number of rotatable bonds is 2. The first-order valence-corrected chi connectivity index (χ1v) is 7.02. The number of hydrogen-bond donors (Lipinski definition) is 1. The molecule has 0 unspecified atom stereocenters. The fraction of sp³-hybridized carbons (Fsp3) is 0. The zero-order valence-electron chi connectivity index (χ0n) is 12.0. The van der Waals surface area contributed by atoms with Gasteiger partial charge in [0.05, 0.1) is 6.20 Å². The molecule has 0 radical (unpaired) electrons. The summed E-state index contributed by atoms with van der Waals surface area (Å²) >= 11 is 0. The van der Waals surface area contributed by atoms with Gasteiger partial charge in [0.1, 0.15) is 11.3 Å². The van der Waals surface area contributed by atoms with Gasteiger partial charge in [-0.25, -0.2) is 9.48 Å². The first kappa shape index (κ1) is 13.3. The highest BCUT2D eigenvalue weighted by molar-refractivity contribution is 5.78. The highest BCUT2D eigenvalue weighted by atomic mass is 16.4. The predicted molar refractivity (Wildman–Crippen MR) is 87.2 cm³/mol. The zero-order chi connectivity index (χ0) is 15.8. The van der Waals surface area contributed by atoms with Crippen LogP contribution in [0, 0.1) is 0 Å². The van der Waals surface area contributed by atoms with Crippen LogP contribution in [-0.2, 0) is 0 Å². The maximum atomic E-state index is 12.2. The average Bonchev–Trinajstić information content (AvgIpc) is 3.04. The molecule has 6 nitrogen and oxygen atoms in total. The number of nitrogens with two attached hydrogens (primary N) is 1. The Hall–Kier alpha value is -3.41. The summed E-state index contributed by atoms with van der Waals surface area (Å²) in [5, 5.41) is 8.95. The minimum absolute atomic E-state index is 0.311. The summed E-state index contributed by atoms with van der Waals surface area (Å²) in [5.74, 6) is 0. The van der Waals surface area contributed by atoms with E-state index in [9.17, 15) is 4.79 Å². The molecule has 0 spiro atoms. The summed E-state index contributed by atoms with van der Waals surface area (Å²) in [7, 11) is 0. The molecule has 0 aliphatic rings. The molecule has 0 saturated heterocycles. The van der Waals surface area contributed by atoms with Gasteiger partial charge in [0.15, 0.2) is 5.69 Å². The molecule has 0 aliphatic heterocycles. The van der Waals surface area contributed by atoms with Crippen LogP contribution in [0.3, 0.4) is 0 Å². The van der Waals surface area contributed by atoms with Gasteiger partial charge in [0.25, 0.3) is 0 Å². The van der Waals surface area contributed by atoms with Crippen LogP contribution in [0.4, 0.5) is 5.69 Å². The molecule has 0 aliphatic carbocycles. The third-order valence-electron chi connectivity index (χ3n) is 3.55. The molecule has 0 saturated carbocycles. The summed E-state index contributed by atoms with van der Waals surface area (Å²) in [6.07, 6.45) is 1.68. The molecule has 2 aromatic heterocycles. The van der Waals surface area contributed by atoms with E-state index in [0.717, 1.165) is 10.9 Å². The third kappa shape index (κ3) is 2.36. The lowest BCUT2D eigenvalue weighted by atomic mass is 10.1. The van der Waals surface area contributed by atoms with E-state index in [4.69, 9.17) is 10.2 Å². The van der Waals surface area contributed by atoms with Crippen LogP contribution < -0.4 is 11.4 Å². The standard InChI is InChI=1S/C17H12N4O2/c18-13-6-3-5-11(8-13)14-10-21(20-19-14)15-9-12-4-1-2-7-16(12)23-17(15)22/h1-10H,18H2. The lowest BCUT2D eigenvalue weighted by molar-refractivity contribution is 0.550. The molecule has 23 heavy (non-hydrogen) atoms. The Morgan fingerprint density at radius 3 is 2.78 bits per heavy atom. The number of para-hydroxylation sites is 1. The van der Waals surface area contributed by atoms with E-state index in [0.29, 0.717) is 22.7 Å². The number of nitrogen functional groups attached to an aromatic ring is 1. The molecule has 4 rings (SSSR count). The fourth-order valence-electron chi connectivity index (χ4n) is 2.42. The largest absolute Gasteiger partial charge is 0.421 e. The van der Waals surface area contributed by atoms with Crippen molar-refractivity contribution in [2.24, 2.45) is 0 Å². The Morgan fingerprint density at radius 2 is 1.91 bits per heavy atom. The van der Waals surface area contributed by atoms with Crippen molar-refractivity contribution in [1.29, 1.82) is 0 Å². The molecule has 2 N–H and O–H groups in total. The maximum absolute atomic E-state index is 12.2. The SMILES string of the molecule is Nc1cccc(-c2cn(-c3cc4ccccc4oc3=O)nn2)c1.